The number of phosphoric acid groups is 1. The minimum Gasteiger partial charge on any atom is -0.477 e. The molecule has 0 saturated carbocycles. The molecule has 0 radical (unpaired) electrons. The van der Waals surface area contributed by atoms with Crippen LogP contribution in [0.4, 0.5) is 8.78 Å². The molecule has 0 spiro atoms. The zero-order chi connectivity index (χ0) is 16.8. The fourth-order valence-electron chi connectivity index (χ4n) is 1.54. The van der Waals surface area contributed by atoms with Crippen molar-refractivity contribution in [3.63, 3.8) is 0 Å². The Bertz CT molecular complexity index is 465. The van der Waals surface area contributed by atoms with Crippen LogP contribution in [0, 0.1) is 0 Å². The summed E-state index contributed by atoms with van der Waals surface area (Å²) in [4.78, 5) is 27.2. The van der Waals surface area contributed by atoms with E-state index in [0.717, 1.165) is 0 Å². The third-order valence-electron chi connectivity index (χ3n) is 2.59. The molecule has 1 heterocycles. The fraction of sp³-hybridized carbons (Fsp3) is 0.857. The van der Waals surface area contributed by atoms with Crippen molar-refractivity contribution in [3.8, 4) is 0 Å². The molecule has 1 saturated heterocycles. The molecule has 2 unspecified atom stereocenters. The van der Waals surface area contributed by atoms with Crippen LogP contribution in [-0.4, -0.2) is 77.6 Å². The highest BCUT2D eigenvalue weighted by molar-refractivity contribution is 7.46. The second kappa shape index (κ2) is 5.46. The van der Waals surface area contributed by atoms with E-state index in [2.05, 4.69) is 9.26 Å². The van der Waals surface area contributed by atoms with Gasteiger partial charge in [0.05, 0.1) is 0 Å². The maximum Gasteiger partial charge on any atom is 0.472 e. The van der Waals surface area contributed by atoms with Gasteiger partial charge in [0.1, 0.15) is 12.2 Å². The number of alkyl halides is 2. The first kappa shape index (κ1) is 18.3. The first-order valence-electron chi connectivity index (χ1n) is 5.03. The van der Waals surface area contributed by atoms with E-state index in [9.17, 15) is 38.6 Å². The minimum absolute atomic E-state index is 2.46. The highest BCUT2D eigenvalue weighted by Gasteiger charge is 2.67. The molecule has 0 aromatic heterocycles. The van der Waals surface area contributed by atoms with Crippen LogP contribution in [0.25, 0.3) is 0 Å². The largest absolute Gasteiger partial charge is 0.477 e. The van der Waals surface area contributed by atoms with Crippen LogP contribution < -0.4 is 0 Å². The molecular weight excluding hydrogens is 329 g/mol. The monoisotopic (exact) mass is 340 g/mol. The van der Waals surface area contributed by atoms with Crippen molar-refractivity contribution in [1.29, 1.82) is 0 Å². The lowest BCUT2D eigenvalue weighted by atomic mass is 9.97. The molecule has 5 atom stereocenters. The molecule has 21 heavy (non-hydrogen) atoms. The van der Waals surface area contributed by atoms with Crippen molar-refractivity contribution >= 4 is 13.8 Å². The normalized spacial score (nSPS) is 35.7. The van der Waals surface area contributed by atoms with Gasteiger partial charge in [-0.05, 0) is 0 Å². The quantitative estimate of drug-likeness (QED) is 0.251. The predicted molar refractivity (Wildman–Crippen MR) is 53.6 cm³/mol. The van der Waals surface area contributed by atoms with Gasteiger partial charge in [-0.3, -0.25) is 4.52 Å². The topological polar surface area (TPSA) is 194 Å². The van der Waals surface area contributed by atoms with Gasteiger partial charge in [0, 0.05) is 0 Å². The fourth-order valence-corrected chi connectivity index (χ4v) is 1.98. The number of halogens is 2. The first-order chi connectivity index (χ1) is 9.23. The molecule has 0 aromatic carbocycles. The Kier molecular flexibility index (Phi) is 4.76. The Morgan fingerprint density at radius 3 is 2.24 bits per heavy atom. The van der Waals surface area contributed by atoms with Crippen LogP contribution in [0.5, 0.6) is 0 Å². The molecule has 0 amide bonds. The van der Waals surface area contributed by atoms with Crippen LogP contribution in [-0.2, 0) is 18.6 Å². The molecule has 1 fully saturated rings. The molecule has 124 valence electrons. The van der Waals surface area contributed by atoms with Crippen molar-refractivity contribution in [2.45, 2.75) is 36.3 Å². The Morgan fingerprint density at radius 1 is 1.38 bits per heavy atom. The van der Waals surface area contributed by atoms with Crippen molar-refractivity contribution in [3.05, 3.63) is 0 Å². The van der Waals surface area contributed by atoms with Gasteiger partial charge in [-0.15, -0.1) is 0 Å². The number of aliphatic hydroxyl groups excluding tert-OH is 3. The van der Waals surface area contributed by atoms with Crippen molar-refractivity contribution < 1.29 is 62.7 Å². The molecule has 11 nitrogen and oxygen atoms in total. The molecule has 0 aliphatic carbocycles. The number of carboxylic acid groups (broad SMARTS) is 1. The second-order valence-electron chi connectivity index (χ2n) is 4.10. The van der Waals surface area contributed by atoms with Crippen molar-refractivity contribution in [2.24, 2.45) is 0 Å². The maximum atomic E-state index is 13.1. The summed E-state index contributed by atoms with van der Waals surface area (Å²) in [6, 6.07) is 0. The number of carboxylic acids is 1. The summed E-state index contributed by atoms with van der Waals surface area (Å²) in [6.07, 6.45) is -11.3. The zero-order valence-electron chi connectivity index (χ0n) is 9.78. The van der Waals surface area contributed by atoms with Gasteiger partial charge in [0.25, 0.3) is 0 Å². The second-order valence-corrected chi connectivity index (χ2v) is 5.29. The highest BCUT2D eigenvalue weighted by atomic mass is 31.2. The zero-order valence-corrected chi connectivity index (χ0v) is 10.7. The van der Waals surface area contributed by atoms with Crippen LogP contribution in [0.2, 0.25) is 0 Å². The van der Waals surface area contributed by atoms with E-state index in [1.54, 1.807) is 0 Å². The number of rotatable bonds is 5. The average molecular weight is 340 g/mol. The van der Waals surface area contributed by atoms with Gasteiger partial charge in [-0.25, -0.2) is 9.36 Å². The van der Waals surface area contributed by atoms with Crippen LogP contribution in [0.15, 0.2) is 0 Å². The van der Waals surface area contributed by atoms with Crippen LogP contribution >= 0.6 is 7.82 Å². The SMILES string of the molecule is O=C(O)C(F)(F)[C@@H](O)C1(O)OC(OP(=O)(O)O)[C@@H](O)[C@H]1O. The predicted octanol–water partition coefficient (Wildman–Crippen LogP) is -3.06. The van der Waals surface area contributed by atoms with E-state index in [1.165, 1.54) is 0 Å². The summed E-state index contributed by atoms with van der Waals surface area (Å²) in [5.74, 6) is -11.6. The van der Waals surface area contributed by atoms with E-state index in [0.29, 0.717) is 0 Å². The maximum absolute atomic E-state index is 13.1. The number of ether oxygens (including phenoxy) is 1. The van der Waals surface area contributed by atoms with Crippen molar-refractivity contribution in [2.75, 3.05) is 0 Å². The number of hydrogen-bond acceptors (Lipinski definition) is 8. The molecule has 1 aliphatic heterocycles. The molecule has 1 aliphatic rings. The molecule has 0 bridgehead atoms. The third kappa shape index (κ3) is 3.36. The Labute approximate surface area is 114 Å². The molecular formula is C7H11F2O11P. The van der Waals surface area contributed by atoms with E-state index in [-0.39, 0.29) is 0 Å². The van der Waals surface area contributed by atoms with E-state index in [1.807, 2.05) is 0 Å². The molecule has 0 aromatic rings. The molecule has 14 heteroatoms. The number of hydrogen-bond donors (Lipinski definition) is 7. The van der Waals surface area contributed by atoms with Gasteiger partial charge < -0.3 is 40.1 Å². The smallest absolute Gasteiger partial charge is 0.472 e. The van der Waals surface area contributed by atoms with E-state index in [4.69, 9.17) is 14.9 Å². The summed E-state index contributed by atoms with van der Waals surface area (Å²) < 4.78 is 44.7. The van der Waals surface area contributed by atoms with Crippen LogP contribution in [0.3, 0.4) is 0 Å². The standard InChI is InChI=1S/C7H11F2O11P/c8-6(9,5(13)14)4(12)7(15)2(11)1(10)3(19-7)20-21(16,17)18/h1-4,10-12,15H,(H,13,14)(H2,16,17,18)/t1-,2+,3?,4+,7?/m0/s1. The van der Waals surface area contributed by atoms with Crippen LogP contribution in [0.1, 0.15) is 0 Å². The lowest BCUT2D eigenvalue weighted by molar-refractivity contribution is -0.326. The Balaban J connectivity index is 3.07. The Hall–Kier alpha value is -0.760. The minimum atomic E-state index is -5.32. The first-order valence-corrected chi connectivity index (χ1v) is 6.56. The Morgan fingerprint density at radius 2 is 1.86 bits per heavy atom. The average Bonchev–Trinajstić information content (AvgIpc) is 2.51. The number of phosphoric ester groups is 1. The summed E-state index contributed by atoms with van der Waals surface area (Å²) >= 11 is 0. The number of aliphatic hydroxyl groups is 4. The van der Waals surface area contributed by atoms with Gasteiger partial charge in [0.15, 0.2) is 6.10 Å². The third-order valence-corrected chi connectivity index (χ3v) is 3.08. The van der Waals surface area contributed by atoms with Crippen molar-refractivity contribution in [1.82, 2.24) is 0 Å². The number of aliphatic carboxylic acids is 1. The van der Waals surface area contributed by atoms with Gasteiger partial charge in [-0.2, -0.15) is 8.78 Å². The summed E-state index contributed by atoms with van der Waals surface area (Å²) in [5.41, 5.74) is 0. The summed E-state index contributed by atoms with van der Waals surface area (Å²) in [6.45, 7) is 0. The van der Waals surface area contributed by atoms with Gasteiger partial charge >= 0.3 is 19.7 Å². The van der Waals surface area contributed by atoms with E-state index < -0.39 is 50.1 Å². The highest BCUT2D eigenvalue weighted by Crippen LogP contribution is 2.45. The molecule has 1 rings (SSSR count). The molecule has 7 N–H and O–H groups in total. The summed E-state index contributed by atoms with van der Waals surface area (Å²) in [7, 11) is -5.32. The van der Waals surface area contributed by atoms with Gasteiger partial charge in [-0.1, -0.05) is 0 Å². The summed E-state index contributed by atoms with van der Waals surface area (Å²) in [5, 5.41) is 45.6. The number of carbonyl (C=O) groups is 1. The van der Waals surface area contributed by atoms with E-state index >= 15 is 0 Å². The lowest BCUT2D eigenvalue weighted by Gasteiger charge is -2.33. The van der Waals surface area contributed by atoms with Gasteiger partial charge in [0.2, 0.25) is 12.1 Å². The lowest BCUT2D eigenvalue weighted by Crippen LogP contribution is -2.61.